The van der Waals surface area contributed by atoms with Gasteiger partial charge in [0.2, 0.25) is 6.54 Å². The Morgan fingerprint density at radius 2 is 2.45 bits per heavy atom. The second kappa shape index (κ2) is 2.69. The van der Waals surface area contributed by atoms with Gasteiger partial charge in [-0.2, -0.15) is 5.10 Å². The predicted octanol–water partition coefficient (Wildman–Crippen LogP) is 0.505. The first-order valence-electron chi connectivity index (χ1n) is 3.20. The predicted molar refractivity (Wildman–Crippen MR) is 38.6 cm³/mol. The molecule has 0 aliphatic carbocycles. The van der Waals surface area contributed by atoms with E-state index in [0.717, 1.165) is 5.56 Å². The fourth-order valence-corrected chi connectivity index (χ4v) is 0.922. The van der Waals surface area contributed by atoms with Crippen molar-refractivity contribution in [2.24, 2.45) is 7.05 Å². The molecule has 0 aromatic carbocycles. The molecule has 0 unspecified atom stereocenters. The van der Waals surface area contributed by atoms with Crippen molar-refractivity contribution in [3.63, 3.8) is 0 Å². The molecule has 11 heavy (non-hydrogen) atoms. The number of hydrogen-bond donors (Lipinski definition) is 0. The third-order valence-corrected chi connectivity index (χ3v) is 1.55. The molecule has 1 rings (SSSR count). The third-order valence-electron chi connectivity index (χ3n) is 1.55. The van der Waals surface area contributed by atoms with Crippen LogP contribution >= 0.6 is 0 Å². The lowest BCUT2D eigenvalue weighted by atomic mass is 10.3. The maximum Gasteiger partial charge on any atom is 0.245 e. The summed E-state index contributed by atoms with van der Waals surface area (Å²) in [6.45, 7) is 1.66. The molecule has 0 saturated heterocycles. The van der Waals surface area contributed by atoms with Crippen molar-refractivity contribution >= 4 is 0 Å². The van der Waals surface area contributed by atoms with Crippen LogP contribution in [0.2, 0.25) is 0 Å². The van der Waals surface area contributed by atoms with Crippen LogP contribution in [0.1, 0.15) is 11.3 Å². The smallest absolute Gasteiger partial charge is 0.245 e. The monoisotopic (exact) mass is 155 g/mol. The summed E-state index contributed by atoms with van der Waals surface area (Å²) in [6.07, 6.45) is 1.62. The first-order valence-corrected chi connectivity index (χ1v) is 3.20. The molecule has 0 fully saturated rings. The molecule has 0 amide bonds. The summed E-state index contributed by atoms with van der Waals surface area (Å²) in [5.74, 6) is 0. The van der Waals surface area contributed by atoms with Gasteiger partial charge in [-0.25, -0.2) is 0 Å². The Bertz CT molecular complexity index is 260. The highest BCUT2D eigenvalue weighted by molar-refractivity contribution is 5.13. The maximum absolute atomic E-state index is 10.1. The first kappa shape index (κ1) is 7.71. The molecule has 0 saturated carbocycles. The molecule has 60 valence electrons. The Morgan fingerprint density at radius 3 is 2.82 bits per heavy atom. The van der Waals surface area contributed by atoms with Crippen LogP contribution in [0.15, 0.2) is 6.20 Å². The summed E-state index contributed by atoms with van der Waals surface area (Å²) in [6, 6.07) is 0. The fourth-order valence-electron chi connectivity index (χ4n) is 0.922. The Morgan fingerprint density at radius 1 is 1.82 bits per heavy atom. The van der Waals surface area contributed by atoms with Gasteiger partial charge in [-0.1, -0.05) is 0 Å². The Balaban J connectivity index is 2.92. The quantitative estimate of drug-likeness (QED) is 0.461. The van der Waals surface area contributed by atoms with E-state index < -0.39 is 0 Å². The zero-order chi connectivity index (χ0) is 8.43. The van der Waals surface area contributed by atoms with Gasteiger partial charge in [0.15, 0.2) is 0 Å². The summed E-state index contributed by atoms with van der Waals surface area (Å²) in [5, 5.41) is 14.0. The van der Waals surface area contributed by atoms with Gasteiger partial charge in [-0.15, -0.1) is 0 Å². The van der Waals surface area contributed by atoms with Crippen molar-refractivity contribution in [2.45, 2.75) is 13.5 Å². The first-order chi connectivity index (χ1) is 5.11. The lowest BCUT2D eigenvalue weighted by Gasteiger charge is -1.96. The van der Waals surface area contributed by atoms with Crippen LogP contribution in [0.25, 0.3) is 0 Å². The second-order valence-corrected chi connectivity index (χ2v) is 2.39. The summed E-state index contributed by atoms with van der Waals surface area (Å²) >= 11 is 0. The Hall–Kier alpha value is -1.39. The zero-order valence-electron chi connectivity index (χ0n) is 6.44. The van der Waals surface area contributed by atoms with Crippen LogP contribution in [0.5, 0.6) is 0 Å². The SMILES string of the molecule is Cc1cnn(C)c1C[N+](=O)[O-]. The molecule has 5 heteroatoms. The molecule has 1 heterocycles. The van der Waals surface area contributed by atoms with Crippen LogP contribution < -0.4 is 0 Å². The summed E-state index contributed by atoms with van der Waals surface area (Å²) in [7, 11) is 1.70. The number of nitrogens with zero attached hydrogens (tertiary/aromatic N) is 3. The van der Waals surface area contributed by atoms with Crippen molar-refractivity contribution in [1.82, 2.24) is 9.78 Å². The van der Waals surface area contributed by atoms with Gasteiger partial charge in [-0.3, -0.25) is 14.8 Å². The van der Waals surface area contributed by atoms with E-state index >= 15 is 0 Å². The van der Waals surface area contributed by atoms with E-state index in [1.54, 1.807) is 13.2 Å². The molecule has 0 atom stereocenters. The minimum Gasteiger partial charge on any atom is -0.266 e. The Labute approximate surface area is 63.8 Å². The molecule has 0 spiro atoms. The molecule has 0 bridgehead atoms. The molecular weight excluding hydrogens is 146 g/mol. The third kappa shape index (κ3) is 1.54. The lowest BCUT2D eigenvalue weighted by Crippen LogP contribution is -2.06. The van der Waals surface area contributed by atoms with Gasteiger partial charge in [0, 0.05) is 12.0 Å². The molecular formula is C6H9N3O2. The molecule has 5 nitrogen and oxygen atoms in total. The molecule has 0 radical (unpaired) electrons. The van der Waals surface area contributed by atoms with Crippen molar-refractivity contribution in [1.29, 1.82) is 0 Å². The van der Waals surface area contributed by atoms with E-state index in [1.807, 2.05) is 6.92 Å². The number of rotatable bonds is 2. The maximum atomic E-state index is 10.1. The standard InChI is InChI=1S/C6H9N3O2/c1-5-3-7-8(2)6(5)4-9(10)11/h3H,4H2,1-2H3. The summed E-state index contributed by atoms with van der Waals surface area (Å²) in [4.78, 5) is 9.78. The highest BCUT2D eigenvalue weighted by atomic mass is 16.6. The number of aromatic nitrogens is 2. The fraction of sp³-hybridized carbons (Fsp3) is 0.500. The molecule has 0 aliphatic rings. The minimum absolute atomic E-state index is 0.150. The van der Waals surface area contributed by atoms with E-state index in [4.69, 9.17) is 0 Å². The summed E-state index contributed by atoms with van der Waals surface area (Å²) in [5.41, 5.74) is 1.53. The molecule has 1 aromatic rings. The number of nitro groups is 1. The van der Waals surface area contributed by atoms with Crippen LogP contribution in [0.3, 0.4) is 0 Å². The van der Waals surface area contributed by atoms with E-state index in [2.05, 4.69) is 5.10 Å². The normalized spacial score (nSPS) is 10.0. The van der Waals surface area contributed by atoms with E-state index in [0.29, 0.717) is 5.69 Å². The summed E-state index contributed by atoms with van der Waals surface area (Å²) < 4.78 is 1.53. The van der Waals surface area contributed by atoms with Crippen molar-refractivity contribution in [3.05, 3.63) is 27.6 Å². The number of aryl methyl sites for hydroxylation is 2. The van der Waals surface area contributed by atoms with E-state index in [9.17, 15) is 10.1 Å². The van der Waals surface area contributed by atoms with Crippen molar-refractivity contribution in [2.75, 3.05) is 0 Å². The average Bonchev–Trinajstić information content (AvgIpc) is 2.18. The molecule has 1 aromatic heterocycles. The van der Waals surface area contributed by atoms with Gasteiger partial charge >= 0.3 is 0 Å². The number of hydrogen-bond acceptors (Lipinski definition) is 3. The van der Waals surface area contributed by atoms with Gasteiger partial charge < -0.3 is 0 Å². The second-order valence-electron chi connectivity index (χ2n) is 2.39. The van der Waals surface area contributed by atoms with Crippen molar-refractivity contribution < 1.29 is 4.92 Å². The largest absolute Gasteiger partial charge is 0.266 e. The van der Waals surface area contributed by atoms with E-state index in [1.165, 1.54) is 4.68 Å². The molecule has 0 aliphatic heterocycles. The van der Waals surface area contributed by atoms with Crippen LogP contribution in [0, 0.1) is 17.0 Å². The topological polar surface area (TPSA) is 61.0 Å². The highest BCUT2D eigenvalue weighted by Crippen LogP contribution is 2.05. The van der Waals surface area contributed by atoms with Gasteiger partial charge in [0.1, 0.15) is 5.69 Å². The van der Waals surface area contributed by atoms with Gasteiger partial charge in [-0.05, 0) is 12.5 Å². The van der Waals surface area contributed by atoms with Crippen molar-refractivity contribution in [3.8, 4) is 0 Å². The highest BCUT2D eigenvalue weighted by Gasteiger charge is 2.09. The lowest BCUT2D eigenvalue weighted by molar-refractivity contribution is -0.498. The molecule has 0 N–H and O–H groups in total. The zero-order valence-corrected chi connectivity index (χ0v) is 6.44. The average molecular weight is 155 g/mol. The van der Waals surface area contributed by atoms with E-state index in [-0.39, 0.29) is 11.5 Å². The van der Waals surface area contributed by atoms with Crippen LogP contribution in [0.4, 0.5) is 0 Å². The Kier molecular flexibility index (Phi) is 1.89. The minimum atomic E-state index is -0.357. The van der Waals surface area contributed by atoms with Crippen LogP contribution in [-0.2, 0) is 13.6 Å². The van der Waals surface area contributed by atoms with Gasteiger partial charge in [0.05, 0.1) is 6.20 Å². The van der Waals surface area contributed by atoms with Crippen LogP contribution in [-0.4, -0.2) is 14.7 Å². The van der Waals surface area contributed by atoms with Gasteiger partial charge in [0.25, 0.3) is 0 Å².